The number of aromatic amines is 1. The Balaban J connectivity index is 1.69. The topological polar surface area (TPSA) is 44.0 Å². The Morgan fingerprint density at radius 3 is 2.32 bits per heavy atom. The van der Waals surface area contributed by atoms with Crippen molar-refractivity contribution >= 4 is 16.9 Å². The minimum Gasteiger partial charge on any atom is -0.376 e. The van der Waals surface area contributed by atoms with E-state index in [0.29, 0.717) is 4.90 Å². The summed E-state index contributed by atoms with van der Waals surface area (Å²) < 4.78 is 59.4. The maximum atomic E-state index is 14.9. The van der Waals surface area contributed by atoms with E-state index in [9.17, 15) is 17.6 Å². The molecule has 2 aromatic rings. The lowest BCUT2D eigenvalue weighted by Crippen LogP contribution is -2.57. The van der Waals surface area contributed by atoms with E-state index >= 15 is 0 Å². The molecule has 3 heterocycles. The molecule has 8 heteroatoms. The molecule has 28 heavy (non-hydrogen) atoms. The van der Waals surface area contributed by atoms with E-state index in [1.54, 1.807) is 12.1 Å². The van der Waals surface area contributed by atoms with Gasteiger partial charge in [0.15, 0.2) is 12.3 Å². The van der Waals surface area contributed by atoms with Crippen molar-refractivity contribution in [2.45, 2.75) is 57.2 Å². The monoisotopic (exact) mass is 394 g/mol. The predicted octanol–water partition coefficient (Wildman–Crippen LogP) is 4.89. The normalized spacial score (nSPS) is 31.8. The summed E-state index contributed by atoms with van der Waals surface area (Å²) in [5.41, 5.74) is 2.35. The minimum absolute atomic E-state index is 0.0422. The second-order valence-corrected chi connectivity index (χ2v) is 7.98. The van der Waals surface area contributed by atoms with Crippen LogP contribution in [0.5, 0.6) is 0 Å². The maximum absolute atomic E-state index is 14.9. The van der Waals surface area contributed by atoms with Crippen LogP contribution >= 0.6 is 0 Å². The zero-order valence-electron chi connectivity index (χ0n) is 15.8. The number of piperidine rings is 1. The number of nitrogens with one attached hydrogen (secondary N) is 2. The molecule has 0 radical (unpaired) electrons. The van der Waals surface area contributed by atoms with Crippen molar-refractivity contribution in [1.29, 1.82) is 0 Å². The first kappa shape index (κ1) is 18.8. The Kier molecular flexibility index (Phi) is 4.39. The van der Waals surface area contributed by atoms with Crippen LogP contribution in [-0.2, 0) is 0 Å². The standard InChI is InChI=1S/C20H22F4N4/c1-10-9-20(2,3)26-13-5-4-11(8-12(10)13)28-18(23)16(21)15(17(22)19(28)24)14-6-7-25-27-14/h4-9,15-19,26H,1-3H3,(H,25,27). The van der Waals surface area contributed by atoms with Crippen LogP contribution in [0.4, 0.5) is 28.9 Å². The van der Waals surface area contributed by atoms with Gasteiger partial charge in [-0.1, -0.05) is 6.08 Å². The van der Waals surface area contributed by atoms with E-state index in [4.69, 9.17) is 0 Å². The van der Waals surface area contributed by atoms with Crippen LogP contribution in [0.2, 0.25) is 0 Å². The lowest BCUT2D eigenvalue weighted by molar-refractivity contribution is -0.00411. The van der Waals surface area contributed by atoms with Gasteiger partial charge in [0.25, 0.3) is 0 Å². The summed E-state index contributed by atoms with van der Waals surface area (Å²) in [6.45, 7) is 5.90. The Morgan fingerprint density at radius 2 is 1.71 bits per heavy atom. The number of alkyl halides is 4. The molecule has 0 saturated carbocycles. The molecule has 1 fully saturated rings. The molecular formula is C20H22F4N4. The lowest BCUT2D eigenvalue weighted by Gasteiger charge is -2.43. The van der Waals surface area contributed by atoms with Crippen LogP contribution in [0.3, 0.4) is 0 Å². The third-order valence-corrected chi connectivity index (χ3v) is 5.38. The lowest BCUT2D eigenvalue weighted by atomic mass is 9.87. The number of hydrogen-bond acceptors (Lipinski definition) is 3. The number of benzene rings is 1. The van der Waals surface area contributed by atoms with E-state index in [1.807, 2.05) is 26.8 Å². The van der Waals surface area contributed by atoms with E-state index in [-0.39, 0.29) is 16.9 Å². The summed E-state index contributed by atoms with van der Waals surface area (Å²) in [5.74, 6) is -1.58. The van der Waals surface area contributed by atoms with Gasteiger partial charge in [0.2, 0.25) is 12.6 Å². The molecule has 4 rings (SSSR count). The molecule has 0 spiro atoms. The van der Waals surface area contributed by atoms with Gasteiger partial charge in [-0.25, -0.2) is 17.6 Å². The molecule has 0 amide bonds. The SMILES string of the molecule is CC1=CC(C)(C)Nc2ccc(N3C(F)C(F)C(c4ccn[nH]4)C(F)C3F)cc21. The average Bonchev–Trinajstić information content (AvgIpc) is 3.14. The summed E-state index contributed by atoms with van der Waals surface area (Å²) in [6, 6.07) is 6.07. The number of rotatable bonds is 2. The molecule has 4 nitrogen and oxygen atoms in total. The Labute approximate surface area is 160 Å². The fourth-order valence-electron chi connectivity index (χ4n) is 4.17. The molecular weight excluding hydrogens is 372 g/mol. The summed E-state index contributed by atoms with van der Waals surface area (Å²) in [6.07, 6.45) is -5.84. The van der Waals surface area contributed by atoms with E-state index in [1.165, 1.54) is 18.3 Å². The molecule has 4 atom stereocenters. The highest BCUT2D eigenvalue weighted by atomic mass is 19.2. The molecule has 150 valence electrons. The Bertz CT molecular complexity index is 880. The summed E-state index contributed by atoms with van der Waals surface area (Å²) in [7, 11) is 0. The Morgan fingerprint density at radius 1 is 1.04 bits per heavy atom. The van der Waals surface area contributed by atoms with Crippen LogP contribution < -0.4 is 10.2 Å². The molecule has 2 N–H and O–H groups in total. The van der Waals surface area contributed by atoms with Gasteiger partial charge in [0.05, 0.1) is 11.5 Å². The van der Waals surface area contributed by atoms with Gasteiger partial charge in [-0.3, -0.25) is 5.10 Å². The third-order valence-electron chi connectivity index (χ3n) is 5.38. The molecule has 0 bridgehead atoms. The number of nitrogens with zero attached hydrogens (tertiary/aromatic N) is 2. The van der Waals surface area contributed by atoms with Crippen molar-refractivity contribution in [1.82, 2.24) is 10.2 Å². The molecule has 2 aliphatic rings. The second kappa shape index (κ2) is 6.53. The Hall–Kier alpha value is -2.51. The summed E-state index contributed by atoms with van der Waals surface area (Å²) in [4.78, 5) is 0.551. The molecule has 1 aromatic heterocycles. The molecule has 1 saturated heterocycles. The largest absolute Gasteiger partial charge is 0.376 e. The van der Waals surface area contributed by atoms with Crippen molar-refractivity contribution in [3.05, 3.63) is 47.8 Å². The molecule has 4 unspecified atom stereocenters. The molecule has 0 aliphatic carbocycles. The first-order valence-electron chi connectivity index (χ1n) is 9.15. The highest BCUT2D eigenvalue weighted by molar-refractivity contribution is 5.82. The second-order valence-electron chi connectivity index (χ2n) is 7.98. The summed E-state index contributed by atoms with van der Waals surface area (Å²) >= 11 is 0. The zero-order chi connectivity index (χ0) is 20.2. The molecule has 1 aromatic carbocycles. The molecule has 2 aliphatic heterocycles. The number of hydrogen-bond donors (Lipinski definition) is 2. The highest BCUT2D eigenvalue weighted by Gasteiger charge is 2.52. The van der Waals surface area contributed by atoms with Gasteiger partial charge in [-0.15, -0.1) is 0 Å². The van der Waals surface area contributed by atoms with Gasteiger partial charge >= 0.3 is 0 Å². The van der Waals surface area contributed by atoms with E-state index in [2.05, 4.69) is 15.5 Å². The van der Waals surface area contributed by atoms with Gasteiger partial charge in [-0.2, -0.15) is 5.10 Å². The van der Waals surface area contributed by atoms with Crippen LogP contribution in [-0.4, -0.2) is 40.7 Å². The van der Waals surface area contributed by atoms with Crippen molar-refractivity contribution < 1.29 is 17.6 Å². The van der Waals surface area contributed by atoms with Crippen LogP contribution in [0.25, 0.3) is 5.57 Å². The van der Waals surface area contributed by atoms with Crippen molar-refractivity contribution in [3.63, 3.8) is 0 Å². The van der Waals surface area contributed by atoms with Crippen LogP contribution in [0, 0.1) is 0 Å². The number of fused-ring (bicyclic) bond motifs is 1. The number of aromatic nitrogens is 2. The van der Waals surface area contributed by atoms with Crippen molar-refractivity contribution in [2.75, 3.05) is 10.2 Å². The fourth-order valence-corrected chi connectivity index (χ4v) is 4.17. The fraction of sp³-hybridized carbons (Fsp3) is 0.450. The van der Waals surface area contributed by atoms with Crippen molar-refractivity contribution in [2.24, 2.45) is 0 Å². The first-order chi connectivity index (χ1) is 13.2. The summed E-state index contributed by atoms with van der Waals surface area (Å²) in [5, 5.41) is 9.37. The first-order valence-corrected chi connectivity index (χ1v) is 9.15. The van der Waals surface area contributed by atoms with Gasteiger partial charge in [0, 0.05) is 28.8 Å². The average molecular weight is 394 g/mol. The van der Waals surface area contributed by atoms with E-state index in [0.717, 1.165) is 16.8 Å². The van der Waals surface area contributed by atoms with E-state index < -0.39 is 30.9 Å². The number of anilines is 2. The van der Waals surface area contributed by atoms with Gasteiger partial charge < -0.3 is 10.2 Å². The van der Waals surface area contributed by atoms with Gasteiger partial charge in [-0.05, 0) is 50.6 Å². The van der Waals surface area contributed by atoms with Crippen molar-refractivity contribution in [3.8, 4) is 0 Å². The number of allylic oxidation sites excluding steroid dienone is 1. The predicted molar refractivity (Wildman–Crippen MR) is 101 cm³/mol. The quantitative estimate of drug-likeness (QED) is 0.563. The zero-order valence-corrected chi connectivity index (χ0v) is 15.8. The highest BCUT2D eigenvalue weighted by Crippen LogP contribution is 2.44. The van der Waals surface area contributed by atoms with Crippen LogP contribution in [0.15, 0.2) is 36.5 Å². The van der Waals surface area contributed by atoms with Crippen LogP contribution in [0.1, 0.15) is 37.9 Å². The smallest absolute Gasteiger partial charge is 0.207 e. The third kappa shape index (κ3) is 2.95. The number of H-pyrrole nitrogens is 1. The maximum Gasteiger partial charge on any atom is 0.207 e. The number of halogens is 4. The van der Waals surface area contributed by atoms with Gasteiger partial charge in [0.1, 0.15) is 0 Å². The minimum atomic E-state index is -2.33.